The smallest absolute Gasteiger partial charge is 0.199 e. The van der Waals surface area contributed by atoms with E-state index in [1.807, 2.05) is 80.6 Å². The van der Waals surface area contributed by atoms with Gasteiger partial charge in [0.2, 0.25) is 0 Å². The van der Waals surface area contributed by atoms with Crippen LogP contribution >= 0.6 is 7.26 Å². The van der Waals surface area contributed by atoms with Crippen LogP contribution in [0.15, 0.2) is 91.0 Å². The van der Waals surface area contributed by atoms with Crippen molar-refractivity contribution in [3.8, 4) is 0 Å². The number of aliphatic hydroxyl groups is 2. The summed E-state index contributed by atoms with van der Waals surface area (Å²) in [6.07, 6.45) is 0.504. The van der Waals surface area contributed by atoms with E-state index in [2.05, 4.69) is 24.3 Å². The Kier molecular flexibility index (Phi) is 5.58. The average molecular weight is 365 g/mol. The number of hydrogen-bond donors (Lipinski definition) is 2. The first-order valence-electron chi connectivity index (χ1n) is 8.88. The fraction of sp³-hybridized carbons (Fsp3) is 0.217. The third-order valence-corrected chi connectivity index (χ3v) is 9.43. The molecular weight excluding hydrogens is 339 g/mol. The Bertz CT molecular complexity index is 772. The first kappa shape index (κ1) is 18.8. The van der Waals surface area contributed by atoms with Gasteiger partial charge in [0.05, 0.1) is 11.8 Å². The summed E-state index contributed by atoms with van der Waals surface area (Å²) in [5.41, 5.74) is -0.0207. The summed E-state index contributed by atoms with van der Waals surface area (Å²) in [5.74, 6) is -0.681. The van der Waals surface area contributed by atoms with E-state index in [1.54, 1.807) is 0 Å². The molecule has 0 saturated carbocycles. The first-order valence-corrected chi connectivity index (χ1v) is 10.9. The Hall–Kier alpha value is -1.99. The lowest BCUT2D eigenvalue weighted by Gasteiger charge is -2.35. The van der Waals surface area contributed by atoms with E-state index in [9.17, 15) is 10.2 Å². The molecule has 0 aliphatic rings. The Morgan fingerprint density at radius 1 is 0.731 bits per heavy atom. The fourth-order valence-corrected chi connectivity index (χ4v) is 8.29. The highest BCUT2D eigenvalue weighted by Gasteiger charge is 2.53. The van der Waals surface area contributed by atoms with Crippen molar-refractivity contribution >= 4 is 17.9 Å². The monoisotopic (exact) mass is 365 g/mol. The lowest BCUT2D eigenvalue weighted by atomic mass is 10.2. The van der Waals surface area contributed by atoms with Crippen molar-refractivity contribution in [3.05, 3.63) is 96.6 Å². The predicted molar refractivity (Wildman–Crippen MR) is 112 cm³/mol. The molecule has 2 nitrogen and oxygen atoms in total. The number of rotatable bonds is 6. The van der Waals surface area contributed by atoms with Gasteiger partial charge in [-0.15, -0.1) is 0 Å². The summed E-state index contributed by atoms with van der Waals surface area (Å²) in [6, 6.07) is 30.1. The highest BCUT2D eigenvalue weighted by Crippen LogP contribution is 2.67. The van der Waals surface area contributed by atoms with Crippen LogP contribution in [0.3, 0.4) is 0 Å². The van der Waals surface area contributed by atoms with Crippen LogP contribution in [-0.2, 0) is 0 Å². The molecule has 3 aromatic rings. The van der Waals surface area contributed by atoms with Gasteiger partial charge in [-0.1, -0.05) is 66.7 Å². The van der Waals surface area contributed by atoms with E-state index in [0.29, 0.717) is 6.16 Å². The van der Waals surface area contributed by atoms with Crippen molar-refractivity contribution in [1.29, 1.82) is 0 Å². The zero-order valence-electron chi connectivity index (χ0n) is 15.3. The maximum absolute atomic E-state index is 11.6. The summed E-state index contributed by atoms with van der Waals surface area (Å²) in [5, 5.41) is 24.6. The Labute approximate surface area is 156 Å². The molecule has 0 aliphatic carbocycles. The van der Waals surface area contributed by atoms with Crippen LogP contribution in [0.1, 0.15) is 25.3 Å². The standard InChI is InChI=1S/C23H26O2P/c1-23(2,25)18-26(20-14-8-4-9-15-20,21-16-10-5-11-17-21)22(24)19-12-6-3-7-13-19/h3-17,22,24-25H,18H2,1-2H3/q+1. The van der Waals surface area contributed by atoms with E-state index in [4.69, 9.17) is 0 Å². The highest BCUT2D eigenvalue weighted by atomic mass is 31.2. The minimum atomic E-state index is -2.33. The van der Waals surface area contributed by atoms with Crippen LogP contribution in [0.2, 0.25) is 0 Å². The normalized spacial score (nSPS) is 13.4. The zero-order chi connectivity index (χ0) is 18.6. The second kappa shape index (κ2) is 7.72. The predicted octanol–water partition coefficient (Wildman–Crippen LogP) is 4.12. The number of benzene rings is 3. The van der Waals surface area contributed by atoms with Gasteiger partial charge in [0.25, 0.3) is 0 Å². The van der Waals surface area contributed by atoms with Crippen molar-refractivity contribution in [2.75, 3.05) is 6.16 Å². The molecule has 0 saturated heterocycles. The molecule has 3 rings (SSSR count). The molecule has 0 radical (unpaired) electrons. The Morgan fingerprint density at radius 3 is 1.50 bits per heavy atom. The van der Waals surface area contributed by atoms with Crippen molar-refractivity contribution in [1.82, 2.24) is 0 Å². The molecule has 134 valence electrons. The van der Waals surface area contributed by atoms with Gasteiger partial charge in [0, 0.05) is 5.56 Å². The van der Waals surface area contributed by atoms with Gasteiger partial charge in [-0.3, -0.25) is 0 Å². The second-order valence-corrected chi connectivity index (χ2v) is 10.9. The quantitative estimate of drug-likeness (QED) is 0.645. The van der Waals surface area contributed by atoms with Gasteiger partial charge >= 0.3 is 0 Å². The fourth-order valence-electron chi connectivity index (χ4n) is 3.58. The molecule has 0 fully saturated rings. The number of hydrogen-bond acceptors (Lipinski definition) is 2. The Morgan fingerprint density at radius 2 is 1.12 bits per heavy atom. The van der Waals surface area contributed by atoms with E-state index in [1.165, 1.54) is 0 Å². The minimum Gasteiger partial charge on any atom is -0.387 e. The van der Waals surface area contributed by atoms with Gasteiger partial charge in [-0.05, 0) is 38.1 Å². The third-order valence-electron chi connectivity index (χ3n) is 4.59. The van der Waals surface area contributed by atoms with Crippen molar-refractivity contribution in [2.24, 2.45) is 0 Å². The van der Waals surface area contributed by atoms with E-state index in [0.717, 1.165) is 16.2 Å². The van der Waals surface area contributed by atoms with Gasteiger partial charge < -0.3 is 10.2 Å². The molecule has 2 N–H and O–H groups in total. The van der Waals surface area contributed by atoms with Gasteiger partial charge in [-0.25, -0.2) is 0 Å². The summed E-state index contributed by atoms with van der Waals surface area (Å²) in [7, 11) is -2.33. The van der Waals surface area contributed by atoms with E-state index in [-0.39, 0.29) is 0 Å². The van der Waals surface area contributed by atoms with Crippen LogP contribution < -0.4 is 10.6 Å². The molecule has 26 heavy (non-hydrogen) atoms. The lowest BCUT2D eigenvalue weighted by Crippen LogP contribution is -2.38. The second-order valence-electron chi connectivity index (χ2n) is 7.29. The van der Waals surface area contributed by atoms with Gasteiger partial charge in [-0.2, -0.15) is 0 Å². The minimum absolute atomic E-state index is 0.504. The molecule has 0 spiro atoms. The summed E-state index contributed by atoms with van der Waals surface area (Å²) >= 11 is 0. The molecule has 0 aliphatic heterocycles. The highest BCUT2D eigenvalue weighted by molar-refractivity contribution is 7.89. The largest absolute Gasteiger partial charge is 0.387 e. The number of aliphatic hydroxyl groups excluding tert-OH is 1. The average Bonchev–Trinajstić information content (AvgIpc) is 2.67. The third kappa shape index (κ3) is 3.88. The molecule has 0 bridgehead atoms. The van der Waals surface area contributed by atoms with Crippen molar-refractivity contribution < 1.29 is 10.2 Å². The summed E-state index contributed by atoms with van der Waals surface area (Å²) < 4.78 is 0. The summed E-state index contributed by atoms with van der Waals surface area (Å²) in [4.78, 5) is 0. The van der Waals surface area contributed by atoms with Gasteiger partial charge in [0.1, 0.15) is 17.9 Å². The molecule has 1 atom stereocenters. The maximum Gasteiger partial charge on any atom is 0.199 e. The van der Waals surface area contributed by atoms with Crippen LogP contribution in [0.25, 0.3) is 0 Å². The SMILES string of the molecule is CC(C)(O)C[P+](c1ccccc1)(c1ccccc1)C(O)c1ccccc1. The molecule has 0 aromatic heterocycles. The molecular formula is C23H26O2P+. The molecule has 0 heterocycles. The van der Waals surface area contributed by atoms with Crippen LogP contribution in [-0.4, -0.2) is 22.0 Å². The maximum atomic E-state index is 11.6. The van der Waals surface area contributed by atoms with E-state index < -0.39 is 18.7 Å². The van der Waals surface area contributed by atoms with Crippen molar-refractivity contribution in [2.45, 2.75) is 25.3 Å². The van der Waals surface area contributed by atoms with Crippen molar-refractivity contribution in [3.63, 3.8) is 0 Å². The molecule has 1 unspecified atom stereocenters. The van der Waals surface area contributed by atoms with Crippen LogP contribution in [0, 0.1) is 0 Å². The van der Waals surface area contributed by atoms with Gasteiger partial charge in [0.15, 0.2) is 5.85 Å². The molecule has 3 aromatic carbocycles. The van der Waals surface area contributed by atoms with Crippen LogP contribution in [0.4, 0.5) is 0 Å². The zero-order valence-corrected chi connectivity index (χ0v) is 16.2. The van der Waals surface area contributed by atoms with E-state index >= 15 is 0 Å². The summed E-state index contributed by atoms with van der Waals surface area (Å²) in [6.45, 7) is 3.65. The first-order chi connectivity index (χ1) is 12.4. The van der Waals surface area contributed by atoms with Crippen LogP contribution in [0.5, 0.6) is 0 Å². The Balaban J connectivity index is 2.28. The molecule has 3 heteroatoms. The molecule has 0 amide bonds. The lowest BCUT2D eigenvalue weighted by molar-refractivity contribution is 0.104. The topological polar surface area (TPSA) is 40.5 Å².